The molecule has 9 heteroatoms. The van der Waals surface area contributed by atoms with Gasteiger partial charge in [-0.2, -0.15) is 10.1 Å². The van der Waals surface area contributed by atoms with Crippen molar-refractivity contribution in [3.8, 4) is 11.7 Å². The largest absolute Gasteiger partial charge is 0.478 e. The van der Waals surface area contributed by atoms with Gasteiger partial charge in [0.1, 0.15) is 5.82 Å². The van der Waals surface area contributed by atoms with Crippen molar-refractivity contribution in [1.82, 2.24) is 30.0 Å². The fourth-order valence-electron chi connectivity index (χ4n) is 4.11. The summed E-state index contributed by atoms with van der Waals surface area (Å²) in [7, 11) is 0. The van der Waals surface area contributed by atoms with Crippen molar-refractivity contribution < 1.29 is 9.53 Å². The van der Waals surface area contributed by atoms with Crippen LogP contribution in [0, 0.1) is 0 Å². The summed E-state index contributed by atoms with van der Waals surface area (Å²) in [5, 5.41) is 10.3. The minimum Gasteiger partial charge on any atom is -0.478 e. The molecule has 3 aromatic rings. The average Bonchev–Trinajstić information content (AvgIpc) is 3.15. The molecule has 32 heavy (non-hydrogen) atoms. The molecule has 0 spiro atoms. The van der Waals surface area contributed by atoms with Gasteiger partial charge in [-0.1, -0.05) is 6.07 Å². The van der Waals surface area contributed by atoms with E-state index in [9.17, 15) is 4.79 Å². The number of unbranched alkanes of at least 4 members (excludes halogenated alkanes) is 1. The van der Waals surface area contributed by atoms with E-state index in [0.29, 0.717) is 24.8 Å². The number of amides is 2. The van der Waals surface area contributed by atoms with Crippen LogP contribution in [0.3, 0.4) is 0 Å². The van der Waals surface area contributed by atoms with Crippen molar-refractivity contribution in [2.45, 2.75) is 32.2 Å². The molecule has 0 fully saturated rings. The summed E-state index contributed by atoms with van der Waals surface area (Å²) >= 11 is 0. The van der Waals surface area contributed by atoms with E-state index in [-0.39, 0.29) is 6.03 Å². The maximum atomic E-state index is 11.6. The van der Waals surface area contributed by atoms with E-state index >= 15 is 0 Å². The Morgan fingerprint density at radius 3 is 2.97 bits per heavy atom. The molecule has 0 saturated heterocycles. The molecule has 0 aromatic carbocycles. The van der Waals surface area contributed by atoms with Gasteiger partial charge in [0.15, 0.2) is 5.82 Å². The molecule has 0 radical (unpaired) electrons. The van der Waals surface area contributed by atoms with E-state index in [1.807, 2.05) is 35.0 Å². The Bertz CT molecular complexity index is 1080. The van der Waals surface area contributed by atoms with Gasteiger partial charge in [0.2, 0.25) is 5.88 Å². The van der Waals surface area contributed by atoms with Crippen molar-refractivity contribution in [1.29, 1.82) is 0 Å². The quantitative estimate of drug-likeness (QED) is 0.556. The first kappa shape index (κ1) is 20.4. The molecule has 2 N–H and O–H groups in total. The fraction of sp³-hybridized carbons (Fsp3) is 0.391. The van der Waals surface area contributed by atoms with Gasteiger partial charge in [0.25, 0.3) is 0 Å². The van der Waals surface area contributed by atoms with Crippen LogP contribution in [-0.4, -0.2) is 56.9 Å². The highest BCUT2D eigenvalue weighted by Gasteiger charge is 2.20. The normalized spacial score (nSPS) is 15.8. The number of fused-ring (bicyclic) bond motifs is 2. The first-order chi connectivity index (χ1) is 15.7. The van der Waals surface area contributed by atoms with Crippen LogP contribution in [0.4, 0.5) is 10.6 Å². The molecule has 0 bridgehead atoms. The number of urea groups is 1. The number of ether oxygens (including phenoxy) is 1. The minimum atomic E-state index is -0.219. The first-order valence-corrected chi connectivity index (χ1v) is 11.1. The van der Waals surface area contributed by atoms with Gasteiger partial charge >= 0.3 is 6.03 Å². The molecule has 2 aliphatic rings. The minimum absolute atomic E-state index is 0.219. The lowest BCUT2D eigenvalue weighted by Crippen LogP contribution is -2.31. The summed E-state index contributed by atoms with van der Waals surface area (Å²) in [5.74, 6) is 2.00. The van der Waals surface area contributed by atoms with E-state index in [2.05, 4.69) is 31.7 Å². The van der Waals surface area contributed by atoms with Crippen molar-refractivity contribution in [3.05, 3.63) is 59.5 Å². The number of hydrogen-bond donors (Lipinski definition) is 2. The van der Waals surface area contributed by atoms with Gasteiger partial charge < -0.3 is 10.1 Å². The fourth-order valence-corrected chi connectivity index (χ4v) is 4.11. The van der Waals surface area contributed by atoms with Crippen molar-refractivity contribution in [2.75, 3.05) is 31.6 Å². The Hall–Kier alpha value is -3.46. The first-order valence-electron chi connectivity index (χ1n) is 11.1. The summed E-state index contributed by atoms with van der Waals surface area (Å²) in [6.07, 6.45) is 7.62. The van der Waals surface area contributed by atoms with Crippen LogP contribution in [0.1, 0.15) is 29.7 Å². The van der Waals surface area contributed by atoms with Crippen LogP contribution >= 0.6 is 0 Å². The summed E-state index contributed by atoms with van der Waals surface area (Å²) in [4.78, 5) is 22.9. The molecule has 9 nitrogen and oxygen atoms in total. The number of carbonyl (C=O) groups is 1. The Labute approximate surface area is 186 Å². The van der Waals surface area contributed by atoms with Crippen LogP contribution in [-0.2, 0) is 19.4 Å². The molecule has 0 atom stereocenters. The number of nitrogens with zero attached hydrogens (tertiary/aromatic N) is 5. The zero-order chi connectivity index (χ0) is 21.8. The zero-order valence-electron chi connectivity index (χ0n) is 18.0. The number of pyridine rings is 2. The lowest BCUT2D eigenvalue weighted by molar-refractivity contribution is 0.232. The molecule has 5 rings (SSSR count). The molecule has 2 aliphatic heterocycles. The maximum absolute atomic E-state index is 11.6. The lowest BCUT2D eigenvalue weighted by Gasteiger charge is -2.25. The molecule has 2 amide bonds. The molecule has 0 unspecified atom stereocenters. The number of anilines is 1. The standard InChI is InChI=1S/C23H27N7O2/c31-23-25-11-8-17-6-7-21(26-22(17)27-23)32-14-4-3-12-29-13-9-19-18(15-29)16-30(28-19)20-5-1-2-10-24-20/h1-2,5-7,10,16H,3-4,8-9,11-15H2,(H2,25,26,27,31). The second-order valence-corrected chi connectivity index (χ2v) is 8.10. The van der Waals surface area contributed by atoms with Crippen molar-refractivity contribution >= 4 is 11.8 Å². The third-order valence-corrected chi connectivity index (χ3v) is 5.80. The van der Waals surface area contributed by atoms with Gasteiger partial charge in [-0.3, -0.25) is 10.2 Å². The van der Waals surface area contributed by atoms with Crippen molar-refractivity contribution in [2.24, 2.45) is 0 Å². The summed E-state index contributed by atoms with van der Waals surface area (Å²) in [6, 6.07) is 9.49. The van der Waals surface area contributed by atoms with Gasteiger partial charge in [-0.25, -0.2) is 14.5 Å². The monoisotopic (exact) mass is 433 g/mol. The number of carbonyl (C=O) groups excluding carboxylic acids is 1. The van der Waals surface area contributed by atoms with Gasteiger partial charge in [0, 0.05) is 50.1 Å². The number of aromatic nitrogens is 4. The number of rotatable bonds is 7. The van der Waals surface area contributed by atoms with E-state index in [0.717, 1.165) is 56.7 Å². The predicted molar refractivity (Wildman–Crippen MR) is 120 cm³/mol. The van der Waals surface area contributed by atoms with Gasteiger partial charge in [-0.05, 0) is 49.6 Å². The molecular weight excluding hydrogens is 406 g/mol. The lowest BCUT2D eigenvalue weighted by atomic mass is 10.1. The van der Waals surface area contributed by atoms with Crippen LogP contribution in [0.5, 0.6) is 5.88 Å². The van der Waals surface area contributed by atoms with Gasteiger partial charge in [0.05, 0.1) is 12.3 Å². The summed E-state index contributed by atoms with van der Waals surface area (Å²) in [6.45, 7) is 4.19. The second kappa shape index (κ2) is 9.35. The average molecular weight is 434 g/mol. The third kappa shape index (κ3) is 4.72. The van der Waals surface area contributed by atoms with Crippen LogP contribution in [0.15, 0.2) is 42.7 Å². The molecular formula is C23H27N7O2. The van der Waals surface area contributed by atoms with Gasteiger partial charge in [-0.15, -0.1) is 0 Å². The zero-order valence-corrected chi connectivity index (χ0v) is 18.0. The molecule has 0 saturated carbocycles. The Morgan fingerprint density at radius 1 is 1.09 bits per heavy atom. The summed E-state index contributed by atoms with van der Waals surface area (Å²) in [5.41, 5.74) is 3.47. The highest BCUT2D eigenvalue weighted by Crippen LogP contribution is 2.21. The van der Waals surface area contributed by atoms with E-state index in [1.165, 1.54) is 11.3 Å². The molecule has 0 aliphatic carbocycles. The van der Waals surface area contributed by atoms with Crippen molar-refractivity contribution in [3.63, 3.8) is 0 Å². The summed E-state index contributed by atoms with van der Waals surface area (Å²) < 4.78 is 7.71. The highest BCUT2D eigenvalue weighted by atomic mass is 16.5. The molecule has 166 valence electrons. The number of nitrogens with one attached hydrogen (secondary N) is 2. The van der Waals surface area contributed by atoms with E-state index < -0.39 is 0 Å². The third-order valence-electron chi connectivity index (χ3n) is 5.80. The predicted octanol–water partition coefficient (Wildman–Crippen LogP) is 2.56. The Balaban J connectivity index is 1.07. The van der Waals surface area contributed by atoms with Crippen LogP contribution < -0.4 is 15.4 Å². The Kier molecular flexibility index (Phi) is 5.98. The molecule has 5 heterocycles. The smallest absolute Gasteiger partial charge is 0.320 e. The molecule has 3 aromatic heterocycles. The Morgan fingerprint density at radius 2 is 2.06 bits per heavy atom. The second-order valence-electron chi connectivity index (χ2n) is 8.10. The maximum Gasteiger partial charge on any atom is 0.320 e. The topological polar surface area (TPSA) is 97.2 Å². The highest BCUT2D eigenvalue weighted by molar-refractivity contribution is 5.89. The van der Waals surface area contributed by atoms with Crippen LogP contribution in [0.2, 0.25) is 0 Å². The van der Waals surface area contributed by atoms with E-state index in [4.69, 9.17) is 9.84 Å². The van der Waals surface area contributed by atoms with Crippen LogP contribution in [0.25, 0.3) is 5.82 Å². The van der Waals surface area contributed by atoms with E-state index in [1.54, 1.807) is 6.20 Å². The SMILES string of the molecule is O=C1NCCc2ccc(OCCCCN3CCc4nn(-c5ccccn5)cc4C3)nc2N1. The number of hydrogen-bond acceptors (Lipinski definition) is 6.